The van der Waals surface area contributed by atoms with Crippen LogP contribution in [0.5, 0.6) is 0 Å². The second-order valence-electron chi connectivity index (χ2n) is 6.16. The molecule has 1 heterocycles. The van der Waals surface area contributed by atoms with Crippen molar-refractivity contribution in [3.63, 3.8) is 0 Å². The Hall–Kier alpha value is -0.340. The summed E-state index contributed by atoms with van der Waals surface area (Å²) >= 11 is 1.99. The van der Waals surface area contributed by atoms with E-state index in [1.165, 1.54) is 32.1 Å². The summed E-state index contributed by atoms with van der Waals surface area (Å²) in [6, 6.07) is 0.829. The summed E-state index contributed by atoms with van der Waals surface area (Å²) in [6.07, 6.45) is 6.72. The van der Waals surface area contributed by atoms with Crippen LogP contribution in [0.2, 0.25) is 0 Å². The maximum absolute atomic E-state index is 3.64. The quantitative estimate of drug-likeness (QED) is 0.845. The summed E-state index contributed by atoms with van der Waals surface area (Å²) in [5, 5.41) is 6.03. The molecule has 0 saturated heterocycles. The Morgan fingerprint density at radius 3 is 3.00 bits per heavy atom. The number of rotatable bonds is 3. The van der Waals surface area contributed by atoms with Crippen LogP contribution in [0.1, 0.15) is 49.1 Å². The molecular weight excluding hydrogens is 214 g/mol. The molecule has 0 aliphatic heterocycles. The highest BCUT2D eigenvalue weighted by Crippen LogP contribution is 2.39. The summed E-state index contributed by atoms with van der Waals surface area (Å²) in [5.41, 5.74) is 3.79. The highest BCUT2D eigenvalue weighted by Gasteiger charge is 2.28. The van der Waals surface area contributed by atoms with Crippen LogP contribution in [-0.2, 0) is 19.4 Å². The van der Waals surface area contributed by atoms with Crippen molar-refractivity contribution >= 4 is 11.3 Å². The van der Waals surface area contributed by atoms with Crippen molar-refractivity contribution in [3.05, 3.63) is 21.4 Å². The minimum atomic E-state index is 0.527. The van der Waals surface area contributed by atoms with Gasteiger partial charge in [0.15, 0.2) is 0 Å². The monoisotopic (exact) mass is 235 g/mol. The molecule has 0 atom stereocenters. The summed E-state index contributed by atoms with van der Waals surface area (Å²) in [5.74, 6) is 0. The first-order valence-electron chi connectivity index (χ1n) is 6.45. The van der Waals surface area contributed by atoms with Gasteiger partial charge in [0.2, 0.25) is 0 Å². The van der Waals surface area contributed by atoms with E-state index in [9.17, 15) is 0 Å². The van der Waals surface area contributed by atoms with Gasteiger partial charge in [0.25, 0.3) is 0 Å². The van der Waals surface area contributed by atoms with Gasteiger partial charge in [-0.1, -0.05) is 13.8 Å². The van der Waals surface area contributed by atoms with E-state index >= 15 is 0 Å². The molecule has 2 heteroatoms. The van der Waals surface area contributed by atoms with Crippen LogP contribution < -0.4 is 5.32 Å². The molecule has 1 saturated carbocycles. The molecule has 0 unspecified atom stereocenters. The van der Waals surface area contributed by atoms with Crippen LogP contribution in [0.3, 0.4) is 0 Å². The lowest BCUT2D eigenvalue weighted by Gasteiger charge is -2.29. The Kier molecular flexibility index (Phi) is 2.60. The normalized spacial score (nSPS) is 23.1. The first-order valence-corrected chi connectivity index (χ1v) is 7.33. The zero-order valence-electron chi connectivity index (χ0n) is 10.3. The van der Waals surface area contributed by atoms with Crippen molar-refractivity contribution in [3.8, 4) is 0 Å². The average Bonchev–Trinajstić information content (AvgIpc) is 2.96. The number of hydrogen-bond acceptors (Lipinski definition) is 2. The number of nitrogens with one attached hydrogen (secondary N) is 1. The molecule has 1 N–H and O–H groups in total. The third-order valence-corrected chi connectivity index (χ3v) is 4.99. The van der Waals surface area contributed by atoms with E-state index in [1.807, 2.05) is 11.3 Å². The van der Waals surface area contributed by atoms with Gasteiger partial charge < -0.3 is 5.32 Å². The van der Waals surface area contributed by atoms with E-state index in [2.05, 4.69) is 24.5 Å². The SMILES string of the molecule is CC1(C)CCc2c(CNC3CC3)csc2C1. The third kappa shape index (κ3) is 2.18. The summed E-state index contributed by atoms with van der Waals surface area (Å²) in [4.78, 5) is 1.66. The molecule has 0 amide bonds. The predicted octanol–water partition coefficient (Wildman–Crippen LogP) is 3.52. The first kappa shape index (κ1) is 10.8. The molecule has 2 aliphatic rings. The Bertz CT molecular complexity index is 387. The number of hydrogen-bond donors (Lipinski definition) is 1. The van der Waals surface area contributed by atoms with Gasteiger partial charge in [0.05, 0.1) is 0 Å². The molecule has 0 spiro atoms. The van der Waals surface area contributed by atoms with E-state index in [0.29, 0.717) is 5.41 Å². The highest BCUT2D eigenvalue weighted by molar-refractivity contribution is 7.10. The smallest absolute Gasteiger partial charge is 0.0219 e. The minimum absolute atomic E-state index is 0.527. The first-order chi connectivity index (χ1) is 7.64. The van der Waals surface area contributed by atoms with Crippen LogP contribution in [0.25, 0.3) is 0 Å². The lowest BCUT2D eigenvalue weighted by Crippen LogP contribution is -2.22. The van der Waals surface area contributed by atoms with Crippen molar-refractivity contribution in [1.82, 2.24) is 5.32 Å². The molecular formula is C14H21NS. The predicted molar refractivity (Wildman–Crippen MR) is 70.0 cm³/mol. The molecule has 3 rings (SSSR count). The second-order valence-corrected chi connectivity index (χ2v) is 7.12. The molecule has 1 aromatic heterocycles. The zero-order valence-corrected chi connectivity index (χ0v) is 11.1. The zero-order chi connectivity index (χ0) is 11.2. The van der Waals surface area contributed by atoms with Gasteiger partial charge >= 0.3 is 0 Å². The maximum Gasteiger partial charge on any atom is 0.0219 e. The molecule has 88 valence electrons. The lowest BCUT2D eigenvalue weighted by molar-refractivity contribution is 0.318. The van der Waals surface area contributed by atoms with Crippen molar-refractivity contribution in [2.75, 3.05) is 0 Å². The second kappa shape index (κ2) is 3.85. The van der Waals surface area contributed by atoms with Crippen LogP contribution >= 0.6 is 11.3 Å². The highest BCUT2D eigenvalue weighted by atomic mass is 32.1. The van der Waals surface area contributed by atoms with E-state index in [-0.39, 0.29) is 0 Å². The fourth-order valence-corrected chi connectivity index (χ4v) is 3.95. The summed E-state index contributed by atoms with van der Waals surface area (Å²) in [6.45, 7) is 5.91. The van der Waals surface area contributed by atoms with E-state index in [0.717, 1.165) is 12.6 Å². The van der Waals surface area contributed by atoms with Crippen molar-refractivity contribution < 1.29 is 0 Å². The number of fused-ring (bicyclic) bond motifs is 1. The molecule has 0 bridgehead atoms. The van der Waals surface area contributed by atoms with E-state index in [1.54, 1.807) is 16.0 Å². The van der Waals surface area contributed by atoms with Crippen LogP contribution in [0.15, 0.2) is 5.38 Å². The minimum Gasteiger partial charge on any atom is -0.310 e. The van der Waals surface area contributed by atoms with Crippen LogP contribution in [0, 0.1) is 5.41 Å². The summed E-state index contributed by atoms with van der Waals surface area (Å²) < 4.78 is 0. The molecule has 1 fully saturated rings. The van der Waals surface area contributed by atoms with E-state index < -0.39 is 0 Å². The Morgan fingerprint density at radius 2 is 2.25 bits per heavy atom. The topological polar surface area (TPSA) is 12.0 Å². The molecule has 2 aliphatic carbocycles. The molecule has 0 radical (unpaired) electrons. The fraction of sp³-hybridized carbons (Fsp3) is 0.714. The van der Waals surface area contributed by atoms with Gasteiger partial charge in [-0.05, 0) is 54.0 Å². The molecule has 1 aromatic rings. The maximum atomic E-state index is 3.64. The van der Waals surface area contributed by atoms with E-state index in [4.69, 9.17) is 0 Å². The van der Waals surface area contributed by atoms with Crippen molar-refractivity contribution in [1.29, 1.82) is 0 Å². The van der Waals surface area contributed by atoms with Gasteiger partial charge in [0.1, 0.15) is 0 Å². The van der Waals surface area contributed by atoms with Crippen molar-refractivity contribution in [2.24, 2.45) is 5.41 Å². The van der Waals surface area contributed by atoms with Crippen LogP contribution in [0.4, 0.5) is 0 Å². The van der Waals surface area contributed by atoms with Gasteiger partial charge in [-0.2, -0.15) is 0 Å². The average molecular weight is 235 g/mol. The van der Waals surface area contributed by atoms with Gasteiger partial charge in [-0.25, -0.2) is 0 Å². The Labute approximate surface area is 102 Å². The Balaban J connectivity index is 1.73. The molecule has 1 nitrogen and oxygen atoms in total. The van der Waals surface area contributed by atoms with Gasteiger partial charge in [0, 0.05) is 17.5 Å². The lowest BCUT2D eigenvalue weighted by atomic mass is 9.77. The van der Waals surface area contributed by atoms with Gasteiger partial charge in [-0.15, -0.1) is 11.3 Å². The van der Waals surface area contributed by atoms with Gasteiger partial charge in [-0.3, -0.25) is 0 Å². The standard InChI is InChI=1S/C14H21NS/c1-14(2)6-5-12-10(8-15-11-3-4-11)9-16-13(12)7-14/h9,11,15H,3-8H2,1-2H3. The summed E-state index contributed by atoms with van der Waals surface area (Å²) in [7, 11) is 0. The third-order valence-electron chi connectivity index (χ3n) is 3.92. The van der Waals surface area contributed by atoms with Crippen molar-refractivity contribution in [2.45, 2.75) is 58.5 Å². The Morgan fingerprint density at radius 1 is 1.44 bits per heavy atom. The molecule has 0 aromatic carbocycles. The largest absolute Gasteiger partial charge is 0.310 e. The molecule has 16 heavy (non-hydrogen) atoms. The fourth-order valence-electron chi connectivity index (χ4n) is 2.59. The van der Waals surface area contributed by atoms with Crippen LogP contribution in [-0.4, -0.2) is 6.04 Å². The number of thiophene rings is 1.